The van der Waals surface area contributed by atoms with E-state index >= 15 is 0 Å². The zero-order valence-electron chi connectivity index (χ0n) is 12.9. The molecule has 6 heteroatoms. The van der Waals surface area contributed by atoms with Crippen LogP contribution in [-0.2, 0) is 11.2 Å². The Kier molecular flexibility index (Phi) is 6.50. The first-order valence-electron chi connectivity index (χ1n) is 7.37. The van der Waals surface area contributed by atoms with Crippen molar-refractivity contribution in [3.05, 3.63) is 59.1 Å². The first-order chi connectivity index (χ1) is 11.0. The number of amides is 1. The van der Waals surface area contributed by atoms with Gasteiger partial charge in [0.1, 0.15) is 5.82 Å². The molecule has 0 saturated carbocycles. The van der Waals surface area contributed by atoms with Crippen molar-refractivity contribution in [3.8, 4) is 0 Å². The van der Waals surface area contributed by atoms with E-state index in [0.717, 1.165) is 13.0 Å². The highest BCUT2D eigenvalue weighted by Gasteiger charge is 2.07. The van der Waals surface area contributed by atoms with Crippen molar-refractivity contribution in [2.75, 3.05) is 25.5 Å². The molecule has 0 fully saturated rings. The highest BCUT2D eigenvalue weighted by Crippen LogP contribution is 2.19. The third kappa shape index (κ3) is 5.96. The molecule has 2 aromatic rings. The normalized spacial score (nSPS) is 10.8. The predicted molar refractivity (Wildman–Crippen MR) is 90.1 cm³/mol. The van der Waals surface area contributed by atoms with Crippen LogP contribution in [-0.4, -0.2) is 35.9 Å². The number of nitrogens with zero attached hydrogens (tertiary/aromatic N) is 2. The van der Waals surface area contributed by atoms with Crippen molar-refractivity contribution in [1.29, 1.82) is 0 Å². The molecule has 1 heterocycles. The van der Waals surface area contributed by atoms with Crippen LogP contribution in [0.3, 0.4) is 0 Å². The average molecular weight is 336 g/mol. The van der Waals surface area contributed by atoms with Gasteiger partial charge >= 0.3 is 0 Å². The molecule has 0 aliphatic rings. The molecule has 2 rings (SSSR count). The van der Waals surface area contributed by atoms with E-state index in [0.29, 0.717) is 18.7 Å². The number of hydrogen-bond donors (Lipinski definition) is 1. The molecular formula is C17H19ClFN3O. The molecule has 0 atom stereocenters. The van der Waals surface area contributed by atoms with E-state index in [1.807, 2.05) is 19.2 Å². The molecule has 1 aromatic heterocycles. The van der Waals surface area contributed by atoms with Crippen LogP contribution in [0, 0.1) is 5.82 Å². The van der Waals surface area contributed by atoms with Gasteiger partial charge in [-0.15, -0.1) is 0 Å². The van der Waals surface area contributed by atoms with Gasteiger partial charge in [-0.1, -0.05) is 11.6 Å². The molecule has 0 bridgehead atoms. The SMILES string of the molecule is CN(CCC(=O)Nc1ccc(F)c(Cl)c1)CCc1ccncc1. The van der Waals surface area contributed by atoms with Gasteiger partial charge in [-0.05, 0) is 49.4 Å². The van der Waals surface area contributed by atoms with Crippen LogP contribution >= 0.6 is 11.6 Å². The van der Waals surface area contributed by atoms with E-state index in [9.17, 15) is 9.18 Å². The van der Waals surface area contributed by atoms with E-state index in [2.05, 4.69) is 15.2 Å². The van der Waals surface area contributed by atoms with Gasteiger partial charge in [0.25, 0.3) is 0 Å². The van der Waals surface area contributed by atoms with E-state index < -0.39 is 5.82 Å². The van der Waals surface area contributed by atoms with Crippen molar-refractivity contribution in [1.82, 2.24) is 9.88 Å². The molecule has 0 aliphatic heterocycles. The number of likely N-dealkylation sites (N-methyl/N-ethyl adjacent to an activating group) is 1. The molecule has 0 radical (unpaired) electrons. The minimum absolute atomic E-state index is 0.00253. The first kappa shape index (κ1) is 17.4. The Labute approximate surface area is 140 Å². The second-order valence-electron chi connectivity index (χ2n) is 5.34. The van der Waals surface area contributed by atoms with Crippen molar-refractivity contribution in [2.45, 2.75) is 12.8 Å². The molecule has 0 aliphatic carbocycles. The van der Waals surface area contributed by atoms with Crippen molar-refractivity contribution >= 4 is 23.2 Å². The highest BCUT2D eigenvalue weighted by molar-refractivity contribution is 6.31. The Morgan fingerprint density at radius 3 is 2.70 bits per heavy atom. The standard InChI is InChI=1S/C17H19ClFN3O/c1-22(10-6-13-4-8-20-9-5-13)11-7-17(23)21-14-2-3-16(19)15(18)12-14/h2-5,8-9,12H,6-7,10-11H2,1H3,(H,21,23). The van der Waals surface area contributed by atoms with Crippen LogP contribution in [0.5, 0.6) is 0 Å². The lowest BCUT2D eigenvalue weighted by molar-refractivity contribution is -0.116. The van der Waals surface area contributed by atoms with Crippen molar-refractivity contribution in [2.24, 2.45) is 0 Å². The number of hydrogen-bond acceptors (Lipinski definition) is 3. The first-order valence-corrected chi connectivity index (χ1v) is 7.75. The Balaban J connectivity index is 1.72. The second-order valence-corrected chi connectivity index (χ2v) is 5.74. The predicted octanol–water partition coefficient (Wildman–Crippen LogP) is 3.38. The van der Waals surface area contributed by atoms with Crippen LogP contribution < -0.4 is 5.32 Å². The molecule has 1 aromatic carbocycles. The summed E-state index contributed by atoms with van der Waals surface area (Å²) >= 11 is 5.69. The largest absolute Gasteiger partial charge is 0.326 e. The monoisotopic (exact) mass is 335 g/mol. The Morgan fingerprint density at radius 1 is 1.26 bits per heavy atom. The maximum Gasteiger partial charge on any atom is 0.225 e. The zero-order valence-corrected chi connectivity index (χ0v) is 13.7. The maximum absolute atomic E-state index is 13.1. The number of halogens is 2. The molecule has 23 heavy (non-hydrogen) atoms. The molecule has 0 spiro atoms. The summed E-state index contributed by atoms with van der Waals surface area (Å²) in [5, 5.41) is 2.71. The number of anilines is 1. The van der Waals surface area contributed by atoms with Crippen LogP contribution in [0.15, 0.2) is 42.7 Å². The summed E-state index contributed by atoms with van der Waals surface area (Å²) < 4.78 is 13.1. The molecule has 0 unspecified atom stereocenters. The number of pyridine rings is 1. The lowest BCUT2D eigenvalue weighted by Gasteiger charge is -2.16. The second kappa shape index (κ2) is 8.60. The van der Waals surface area contributed by atoms with Gasteiger partial charge in [0, 0.05) is 37.6 Å². The number of carbonyl (C=O) groups excluding carboxylic acids is 1. The Morgan fingerprint density at radius 2 is 2.00 bits per heavy atom. The average Bonchev–Trinajstić information content (AvgIpc) is 2.55. The van der Waals surface area contributed by atoms with Gasteiger partial charge in [0.2, 0.25) is 5.91 Å². The number of carbonyl (C=O) groups is 1. The summed E-state index contributed by atoms with van der Waals surface area (Å²) in [6.07, 6.45) is 4.82. The molecular weight excluding hydrogens is 317 g/mol. The lowest BCUT2D eigenvalue weighted by atomic mass is 10.2. The minimum Gasteiger partial charge on any atom is -0.326 e. The summed E-state index contributed by atoms with van der Waals surface area (Å²) in [5.41, 5.74) is 1.72. The fraction of sp³-hybridized carbons (Fsp3) is 0.294. The van der Waals surface area contributed by atoms with Gasteiger partial charge in [-0.25, -0.2) is 4.39 Å². The van der Waals surface area contributed by atoms with Crippen molar-refractivity contribution < 1.29 is 9.18 Å². The quantitative estimate of drug-likeness (QED) is 0.843. The number of benzene rings is 1. The molecule has 0 saturated heterocycles. The highest BCUT2D eigenvalue weighted by atomic mass is 35.5. The zero-order chi connectivity index (χ0) is 16.7. The van der Waals surface area contributed by atoms with E-state index in [1.54, 1.807) is 12.4 Å². The smallest absolute Gasteiger partial charge is 0.225 e. The minimum atomic E-state index is -0.500. The number of nitrogens with one attached hydrogen (secondary N) is 1. The third-order valence-electron chi connectivity index (χ3n) is 3.46. The summed E-state index contributed by atoms with van der Waals surface area (Å²) in [5.74, 6) is -0.621. The third-order valence-corrected chi connectivity index (χ3v) is 3.75. The fourth-order valence-electron chi connectivity index (χ4n) is 2.07. The van der Waals surface area contributed by atoms with Gasteiger partial charge in [-0.3, -0.25) is 9.78 Å². The molecule has 1 amide bonds. The van der Waals surface area contributed by atoms with E-state index in [4.69, 9.17) is 11.6 Å². The van der Waals surface area contributed by atoms with Crippen LogP contribution in [0.25, 0.3) is 0 Å². The van der Waals surface area contributed by atoms with Gasteiger partial charge in [0.05, 0.1) is 5.02 Å². The van der Waals surface area contributed by atoms with Gasteiger partial charge in [-0.2, -0.15) is 0 Å². The van der Waals surface area contributed by atoms with E-state index in [-0.39, 0.29) is 10.9 Å². The van der Waals surface area contributed by atoms with Crippen LogP contribution in [0.1, 0.15) is 12.0 Å². The lowest BCUT2D eigenvalue weighted by Crippen LogP contribution is -2.26. The van der Waals surface area contributed by atoms with Crippen LogP contribution in [0.4, 0.5) is 10.1 Å². The summed E-state index contributed by atoms with van der Waals surface area (Å²) in [4.78, 5) is 18.0. The topological polar surface area (TPSA) is 45.2 Å². The summed E-state index contributed by atoms with van der Waals surface area (Å²) in [6.45, 7) is 1.51. The molecule has 4 nitrogen and oxygen atoms in total. The Bertz CT molecular complexity index is 652. The Hall–Kier alpha value is -1.98. The maximum atomic E-state index is 13.1. The van der Waals surface area contributed by atoms with Crippen LogP contribution in [0.2, 0.25) is 5.02 Å². The summed E-state index contributed by atoms with van der Waals surface area (Å²) in [6, 6.07) is 8.10. The molecule has 1 N–H and O–H groups in total. The number of rotatable bonds is 7. The fourth-order valence-corrected chi connectivity index (χ4v) is 2.25. The van der Waals surface area contributed by atoms with E-state index in [1.165, 1.54) is 23.8 Å². The molecule has 122 valence electrons. The van der Waals surface area contributed by atoms with Crippen molar-refractivity contribution in [3.63, 3.8) is 0 Å². The van der Waals surface area contributed by atoms with Gasteiger partial charge < -0.3 is 10.2 Å². The van der Waals surface area contributed by atoms with Gasteiger partial charge in [0.15, 0.2) is 0 Å². The summed E-state index contributed by atoms with van der Waals surface area (Å²) in [7, 11) is 1.98. The number of aromatic nitrogens is 1.